The Kier molecular flexibility index (Phi) is 3.45. The van der Waals surface area contributed by atoms with Crippen molar-refractivity contribution in [1.29, 1.82) is 0 Å². The zero-order valence-corrected chi connectivity index (χ0v) is 12.7. The van der Waals surface area contributed by atoms with Gasteiger partial charge in [0, 0.05) is 17.5 Å². The smallest absolute Gasteiger partial charge is 0.262 e. The van der Waals surface area contributed by atoms with Crippen molar-refractivity contribution in [3.05, 3.63) is 59.4 Å². The number of carbonyl (C=O) groups is 2. The lowest BCUT2D eigenvalue weighted by Gasteiger charge is -2.18. The molecule has 6 heteroatoms. The van der Waals surface area contributed by atoms with E-state index >= 15 is 0 Å². The van der Waals surface area contributed by atoms with E-state index in [2.05, 4.69) is 10.6 Å². The van der Waals surface area contributed by atoms with Crippen molar-refractivity contribution in [1.82, 2.24) is 5.32 Å². The van der Waals surface area contributed by atoms with Crippen LogP contribution in [0.25, 0.3) is 0 Å². The van der Waals surface area contributed by atoms with Gasteiger partial charge in [-0.05, 0) is 42.3 Å². The van der Waals surface area contributed by atoms with Gasteiger partial charge < -0.3 is 15.4 Å². The second kappa shape index (κ2) is 5.63. The lowest BCUT2D eigenvalue weighted by atomic mass is 10.1. The standard InChI is InChI=1S/C18H15FN2O3/c19-12-4-1-10(2-5-12)13-8-14(13)21-18(23)11-3-6-16-15(7-11)20-17(22)9-24-16/h1-7,13-14H,8-9H2,(H,20,22)(H,21,23)/t13-,14+/m0/s1. The third-order valence-corrected chi connectivity index (χ3v) is 4.28. The van der Waals surface area contributed by atoms with Gasteiger partial charge in [-0.3, -0.25) is 9.59 Å². The molecular formula is C18H15FN2O3. The molecule has 0 unspecified atom stereocenters. The highest BCUT2D eigenvalue weighted by atomic mass is 19.1. The molecule has 0 spiro atoms. The van der Waals surface area contributed by atoms with E-state index in [9.17, 15) is 14.0 Å². The van der Waals surface area contributed by atoms with Crippen LogP contribution in [0.15, 0.2) is 42.5 Å². The first-order chi connectivity index (χ1) is 11.6. The highest BCUT2D eigenvalue weighted by molar-refractivity contribution is 6.00. The quantitative estimate of drug-likeness (QED) is 0.910. The number of ether oxygens (including phenoxy) is 1. The van der Waals surface area contributed by atoms with E-state index in [0.29, 0.717) is 17.0 Å². The molecule has 0 radical (unpaired) electrons. The second-order valence-corrected chi connectivity index (χ2v) is 6.02. The molecule has 1 fully saturated rings. The maximum Gasteiger partial charge on any atom is 0.262 e. The van der Waals surface area contributed by atoms with Gasteiger partial charge in [0.25, 0.3) is 11.8 Å². The van der Waals surface area contributed by atoms with E-state index in [4.69, 9.17) is 4.74 Å². The molecule has 4 rings (SSSR count). The Bertz CT molecular complexity index is 820. The monoisotopic (exact) mass is 326 g/mol. The van der Waals surface area contributed by atoms with Crippen LogP contribution in [0, 0.1) is 5.82 Å². The first-order valence-electron chi connectivity index (χ1n) is 7.73. The topological polar surface area (TPSA) is 67.4 Å². The summed E-state index contributed by atoms with van der Waals surface area (Å²) >= 11 is 0. The lowest BCUT2D eigenvalue weighted by molar-refractivity contribution is -0.118. The number of anilines is 1. The SMILES string of the molecule is O=C1COc2ccc(C(=O)N[C@@H]3C[C@H]3c3ccc(F)cc3)cc2N1. The zero-order chi connectivity index (χ0) is 16.7. The van der Waals surface area contributed by atoms with Gasteiger partial charge in [0.1, 0.15) is 11.6 Å². The van der Waals surface area contributed by atoms with Crippen LogP contribution in [0.5, 0.6) is 5.75 Å². The number of amides is 2. The van der Waals surface area contributed by atoms with Crippen molar-refractivity contribution >= 4 is 17.5 Å². The molecule has 0 bridgehead atoms. The zero-order valence-electron chi connectivity index (χ0n) is 12.7. The van der Waals surface area contributed by atoms with Crippen molar-refractivity contribution < 1.29 is 18.7 Å². The summed E-state index contributed by atoms with van der Waals surface area (Å²) in [6.07, 6.45) is 0.835. The number of benzene rings is 2. The summed E-state index contributed by atoms with van der Waals surface area (Å²) in [6.45, 7) is -0.0139. The van der Waals surface area contributed by atoms with E-state index in [0.717, 1.165) is 12.0 Å². The molecule has 1 saturated carbocycles. The maximum absolute atomic E-state index is 13.0. The molecule has 2 N–H and O–H groups in total. The minimum atomic E-state index is -0.265. The maximum atomic E-state index is 13.0. The van der Waals surface area contributed by atoms with Crippen molar-refractivity contribution in [2.45, 2.75) is 18.4 Å². The van der Waals surface area contributed by atoms with E-state index in [1.165, 1.54) is 12.1 Å². The van der Waals surface area contributed by atoms with Crippen LogP contribution in [-0.2, 0) is 4.79 Å². The average Bonchev–Trinajstić information content (AvgIpc) is 3.34. The predicted octanol–water partition coefficient (Wildman–Crippen LogP) is 2.44. The van der Waals surface area contributed by atoms with Crippen LogP contribution in [0.4, 0.5) is 10.1 Å². The van der Waals surface area contributed by atoms with Gasteiger partial charge >= 0.3 is 0 Å². The molecule has 2 amide bonds. The number of carbonyl (C=O) groups excluding carboxylic acids is 2. The molecule has 1 aliphatic carbocycles. The second-order valence-electron chi connectivity index (χ2n) is 6.02. The van der Waals surface area contributed by atoms with Crippen LogP contribution >= 0.6 is 0 Å². The minimum Gasteiger partial charge on any atom is -0.482 e. The van der Waals surface area contributed by atoms with Gasteiger partial charge in [-0.1, -0.05) is 12.1 Å². The van der Waals surface area contributed by atoms with E-state index in [-0.39, 0.29) is 36.2 Å². The van der Waals surface area contributed by atoms with Crippen LogP contribution in [0.2, 0.25) is 0 Å². The van der Waals surface area contributed by atoms with Crippen molar-refractivity contribution in [3.63, 3.8) is 0 Å². The Hall–Kier alpha value is -2.89. The summed E-state index contributed by atoms with van der Waals surface area (Å²) in [5.41, 5.74) is 1.99. The summed E-state index contributed by atoms with van der Waals surface area (Å²) < 4.78 is 18.2. The number of nitrogens with one attached hydrogen (secondary N) is 2. The predicted molar refractivity (Wildman–Crippen MR) is 85.6 cm³/mol. The van der Waals surface area contributed by atoms with Crippen LogP contribution < -0.4 is 15.4 Å². The highest BCUT2D eigenvalue weighted by Gasteiger charge is 2.39. The van der Waals surface area contributed by atoms with Gasteiger partial charge in [0.05, 0.1) is 5.69 Å². The Labute approximate surface area is 137 Å². The molecule has 2 atom stereocenters. The summed E-state index contributed by atoms with van der Waals surface area (Å²) in [4.78, 5) is 23.7. The summed E-state index contributed by atoms with van der Waals surface area (Å²) in [7, 11) is 0. The Balaban J connectivity index is 1.43. The number of rotatable bonds is 3. The fourth-order valence-electron chi connectivity index (χ4n) is 2.91. The molecule has 2 aromatic carbocycles. The molecule has 2 aromatic rings. The average molecular weight is 326 g/mol. The number of hydrogen-bond acceptors (Lipinski definition) is 3. The Morgan fingerprint density at radius 1 is 1.21 bits per heavy atom. The van der Waals surface area contributed by atoms with Gasteiger partial charge in [0.2, 0.25) is 0 Å². The molecule has 5 nitrogen and oxygen atoms in total. The normalized spacial score (nSPS) is 21.3. The van der Waals surface area contributed by atoms with Crippen molar-refractivity contribution in [2.75, 3.05) is 11.9 Å². The van der Waals surface area contributed by atoms with Gasteiger partial charge in [-0.25, -0.2) is 4.39 Å². The Morgan fingerprint density at radius 2 is 2.00 bits per heavy atom. The third-order valence-electron chi connectivity index (χ3n) is 4.28. The molecule has 1 heterocycles. The van der Waals surface area contributed by atoms with Gasteiger partial charge in [-0.15, -0.1) is 0 Å². The molecular weight excluding hydrogens is 311 g/mol. The Morgan fingerprint density at radius 3 is 2.79 bits per heavy atom. The van der Waals surface area contributed by atoms with Crippen molar-refractivity contribution in [3.8, 4) is 5.75 Å². The molecule has 122 valence electrons. The third kappa shape index (κ3) is 2.82. The highest BCUT2D eigenvalue weighted by Crippen LogP contribution is 2.41. The first-order valence-corrected chi connectivity index (χ1v) is 7.73. The molecule has 2 aliphatic rings. The summed E-state index contributed by atoms with van der Waals surface area (Å²) in [5, 5.41) is 5.65. The number of fused-ring (bicyclic) bond motifs is 1. The molecule has 24 heavy (non-hydrogen) atoms. The van der Waals surface area contributed by atoms with E-state index < -0.39 is 0 Å². The lowest BCUT2D eigenvalue weighted by Crippen LogP contribution is -2.28. The van der Waals surface area contributed by atoms with Crippen molar-refractivity contribution in [2.24, 2.45) is 0 Å². The van der Waals surface area contributed by atoms with Crippen LogP contribution in [-0.4, -0.2) is 24.5 Å². The largest absolute Gasteiger partial charge is 0.482 e. The molecule has 0 aromatic heterocycles. The molecule has 0 saturated heterocycles. The fourth-order valence-corrected chi connectivity index (χ4v) is 2.91. The minimum absolute atomic E-state index is 0.0139. The van der Waals surface area contributed by atoms with Gasteiger partial charge in [0.15, 0.2) is 6.61 Å². The van der Waals surface area contributed by atoms with E-state index in [1.807, 2.05) is 0 Å². The molecule has 1 aliphatic heterocycles. The summed E-state index contributed by atoms with van der Waals surface area (Å²) in [6, 6.07) is 11.4. The fraction of sp³-hybridized carbons (Fsp3) is 0.222. The first kappa shape index (κ1) is 14.7. The number of hydrogen-bond donors (Lipinski definition) is 2. The van der Waals surface area contributed by atoms with Crippen LogP contribution in [0.3, 0.4) is 0 Å². The summed E-state index contributed by atoms with van der Waals surface area (Å²) in [5.74, 6) is 0.0705. The number of halogens is 1. The van der Waals surface area contributed by atoms with E-state index in [1.54, 1.807) is 30.3 Å². The van der Waals surface area contributed by atoms with Crippen LogP contribution in [0.1, 0.15) is 28.3 Å². The van der Waals surface area contributed by atoms with Gasteiger partial charge in [-0.2, -0.15) is 0 Å².